The van der Waals surface area contributed by atoms with E-state index >= 15 is 0 Å². The molecule has 1 fully saturated rings. The second-order valence-electron chi connectivity index (χ2n) is 4.15. The molecule has 0 N–H and O–H groups in total. The Balaban J connectivity index is 1.91. The van der Waals surface area contributed by atoms with Crippen LogP contribution in [0.4, 0.5) is 0 Å². The molecule has 1 aromatic carbocycles. The van der Waals surface area contributed by atoms with Gasteiger partial charge in [-0.3, -0.25) is 4.79 Å². The zero-order valence-corrected chi connectivity index (χ0v) is 8.86. The Morgan fingerprint density at radius 3 is 2.80 bits per heavy atom. The van der Waals surface area contributed by atoms with Crippen LogP contribution in [0.1, 0.15) is 30.7 Å². The quantitative estimate of drug-likeness (QED) is 0.666. The molecule has 1 heteroatoms. The van der Waals surface area contributed by atoms with Gasteiger partial charge in [-0.05, 0) is 24.3 Å². The van der Waals surface area contributed by atoms with Gasteiger partial charge < -0.3 is 0 Å². The van der Waals surface area contributed by atoms with Crippen molar-refractivity contribution in [1.82, 2.24) is 0 Å². The summed E-state index contributed by atoms with van der Waals surface area (Å²) in [4.78, 5) is 11.7. The van der Waals surface area contributed by atoms with Gasteiger partial charge in [0.1, 0.15) is 5.78 Å². The molecule has 0 heterocycles. The number of benzene rings is 1. The predicted octanol–water partition coefficient (Wildman–Crippen LogP) is 3.33. The molecule has 2 unspecified atom stereocenters. The van der Waals surface area contributed by atoms with Gasteiger partial charge in [-0.2, -0.15) is 0 Å². The molecule has 1 aromatic rings. The van der Waals surface area contributed by atoms with Crippen LogP contribution in [0.3, 0.4) is 0 Å². The lowest BCUT2D eigenvalue weighted by Gasteiger charge is -1.99. The molecule has 0 aromatic heterocycles. The van der Waals surface area contributed by atoms with Gasteiger partial charge in [0.25, 0.3) is 0 Å². The van der Waals surface area contributed by atoms with Crippen LogP contribution < -0.4 is 0 Å². The molecule has 78 valence electrons. The Hall–Kier alpha value is -1.37. The van der Waals surface area contributed by atoms with Gasteiger partial charge in [0.2, 0.25) is 0 Å². The second kappa shape index (κ2) is 4.43. The fraction of sp³-hybridized carbons (Fsp3) is 0.357. The molecule has 2 rings (SSSR count). The lowest BCUT2D eigenvalue weighted by atomic mass is 10.1. The van der Waals surface area contributed by atoms with Gasteiger partial charge in [0, 0.05) is 12.3 Å². The zero-order valence-electron chi connectivity index (χ0n) is 8.86. The number of ketones is 1. The van der Waals surface area contributed by atoms with Crippen LogP contribution in [0.15, 0.2) is 43.0 Å². The highest BCUT2D eigenvalue weighted by atomic mass is 16.1. The Kier molecular flexibility index (Phi) is 3.00. The van der Waals surface area contributed by atoms with E-state index in [0.29, 0.717) is 18.1 Å². The topological polar surface area (TPSA) is 17.1 Å². The summed E-state index contributed by atoms with van der Waals surface area (Å²) in [5.74, 6) is 1.18. The van der Waals surface area contributed by atoms with Crippen LogP contribution >= 0.6 is 0 Å². The maximum Gasteiger partial charge on any atom is 0.136 e. The van der Waals surface area contributed by atoms with Gasteiger partial charge in [0.05, 0.1) is 0 Å². The van der Waals surface area contributed by atoms with Crippen molar-refractivity contribution < 1.29 is 4.79 Å². The summed E-state index contributed by atoms with van der Waals surface area (Å²) in [6.07, 6.45) is 4.34. The molecule has 0 aliphatic heterocycles. The smallest absolute Gasteiger partial charge is 0.136 e. The summed E-state index contributed by atoms with van der Waals surface area (Å²) < 4.78 is 0. The summed E-state index contributed by atoms with van der Waals surface area (Å²) >= 11 is 0. The van der Waals surface area contributed by atoms with Crippen LogP contribution in [-0.2, 0) is 4.79 Å². The molecular formula is C14H16O. The average Bonchev–Trinajstić information content (AvgIpc) is 3.07. The van der Waals surface area contributed by atoms with Crippen molar-refractivity contribution >= 4 is 5.78 Å². The number of hydrogen-bond donors (Lipinski definition) is 0. The van der Waals surface area contributed by atoms with Crippen LogP contribution in [0.25, 0.3) is 0 Å². The normalized spacial score (nSPS) is 23.5. The lowest BCUT2D eigenvalue weighted by molar-refractivity contribution is -0.120. The molecule has 1 aliphatic rings. The summed E-state index contributed by atoms with van der Waals surface area (Å²) in [5, 5.41) is 0. The third kappa shape index (κ3) is 2.35. The Morgan fingerprint density at radius 1 is 1.40 bits per heavy atom. The molecule has 0 amide bonds. The predicted molar refractivity (Wildman–Crippen MR) is 61.7 cm³/mol. The number of allylic oxidation sites excluding steroid dienone is 1. The van der Waals surface area contributed by atoms with Crippen LogP contribution in [0.5, 0.6) is 0 Å². The molecule has 1 nitrogen and oxygen atoms in total. The van der Waals surface area contributed by atoms with Gasteiger partial charge in [-0.25, -0.2) is 0 Å². The van der Waals surface area contributed by atoms with Crippen molar-refractivity contribution in [2.24, 2.45) is 5.92 Å². The van der Waals surface area contributed by atoms with E-state index in [9.17, 15) is 4.79 Å². The molecule has 0 saturated heterocycles. The lowest BCUT2D eigenvalue weighted by Crippen LogP contribution is -2.01. The fourth-order valence-corrected chi connectivity index (χ4v) is 2.05. The van der Waals surface area contributed by atoms with E-state index in [2.05, 4.69) is 18.7 Å². The third-order valence-corrected chi connectivity index (χ3v) is 3.03. The SMILES string of the molecule is C=CCCC(=O)C1CC1c1ccccc1. The Labute approximate surface area is 90.8 Å². The standard InChI is InChI=1S/C14H16O/c1-2-3-9-14(15)13-10-12(13)11-7-5-4-6-8-11/h2,4-8,12-13H,1,3,9-10H2. The number of hydrogen-bond acceptors (Lipinski definition) is 1. The first-order chi connectivity index (χ1) is 7.33. The zero-order chi connectivity index (χ0) is 10.7. The molecule has 0 radical (unpaired) electrons. The van der Waals surface area contributed by atoms with E-state index in [0.717, 1.165) is 12.8 Å². The van der Waals surface area contributed by atoms with Gasteiger partial charge >= 0.3 is 0 Å². The molecule has 2 atom stereocenters. The maximum atomic E-state index is 11.7. The number of Topliss-reactive ketones (excluding diaryl/α,β-unsaturated/α-hetero) is 1. The van der Waals surface area contributed by atoms with Crippen molar-refractivity contribution in [1.29, 1.82) is 0 Å². The summed E-state index contributed by atoms with van der Waals surface area (Å²) in [5.41, 5.74) is 1.31. The highest BCUT2D eigenvalue weighted by Crippen LogP contribution is 2.48. The highest BCUT2D eigenvalue weighted by Gasteiger charge is 2.42. The minimum absolute atomic E-state index is 0.285. The van der Waals surface area contributed by atoms with Crippen molar-refractivity contribution in [3.8, 4) is 0 Å². The van der Waals surface area contributed by atoms with Crippen molar-refractivity contribution in [2.45, 2.75) is 25.2 Å². The van der Waals surface area contributed by atoms with E-state index < -0.39 is 0 Å². The summed E-state index contributed by atoms with van der Waals surface area (Å²) in [6, 6.07) is 10.3. The van der Waals surface area contributed by atoms with Crippen LogP contribution in [0.2, 0.25) is 0 Å². The molecule has 15 heavy (non-hydrogen) atoms. The second-order valence-corrected chi connectivity index (χ2v) is 4.15. The summed E-state index contributed by atoms with van der Waals surface area (Å²) in [7, 11) is 0. The fourth-order valence-electron chi connectivity index (χ4n) is 2.05. The minimum atomic E-state index is 0.285. The maximum absolute atomic E-state index is 11.7. The summed E-state index contributed by atoms with van der Waals surface area (Å²) in [6.45, 7) is 3.64. The van der Waals surface area contributed by atoms with Gasteiger partial charge in [0.15, 0.2) is 0 Å². The van der Waals surface area contributed by atoms with Crippen LogP contribution in [0, 0.1) is 5.92 Å². The van der Waals surface area contributed by atoms with E-state index in [-0.39, 0.29) is 5.92 Å². The molecule has 1 aliphatic carbocycles. The average molecular weight is 200 g/mol. The molecule has 0 bridgehead atoms. The molecular weight excluding hydrogens is 184 g/mol. The van der Waals surface area contributed by atoms with Crippen molar-refractivity contribution in [3.05, 3.63) is 48.6 Å². The first kappa shape index (κ1) is 10.2. The van der Waals surface area contributed by atoms with E-state index in [1.807, 2.05) is 24.3 Å². The Bertz CT molecular complexity index is 353. The Morgan fingerprint density at radius 2 is 2.13 bits per heavy atom. The minimum Gasteiger partial charge on any atom is -0.299 e. The van der Waals surface area contributed by atoms with E-state index in [1.165, 1.54) is 5.56 Å². The van der Waals surface area contributed by atoms with Crippen molar-refractivity contribution in [2.75, 3.05) is 0 Å². The third-order valence-electron chi connectivity index (χ3n) is 3.03. The molecule has 1 saturated carbocycles. The monoisotopic (exact) mass is 200 g/mol. The van der Waals surface area contributed by atoms with E-state index in [4.69, 9.17) is 0 Å². The van der Waals surface area contributed by atoms with Gasteiger partial charge in [-0.1, -0.05) is 36.4 Å². The van der Waals surface area contributed by atoms with Gasteiger partial charge in [-0.15, -0.1) is 6.58 Å². The first-order valence-corrected chi connectivity index (χ1v) is 5.51. The number of carbonyl (C=O) groups is 1. The van der Waals surface area contributed by atoms with E-state index in [1.54, 1.807) is 0 Å². The largest absolute Gasteiger partial charge is 0.299 e. The molecule has 0 spiro atoms. The van der Waals surface area contributed by atoms with Crippen LogP contribution in [-0.4, -0.2) is 5.78 Å². The first-order valence-electron chi connectivity index (χ1n) is 5.51. The highest BCUT2D eigenvalue weighted by molar-refractivity contribution is 5.85. The number of carbonyl (C=O) groups excluding carboxylic acids is 1. The number of rotatable bonds is 5. The van der Waals surface area contributed by atoms with Crippen molar-refractivity contribution in [3.63, 3.8) is 0 Å².